The Kier molecular flexibility index (Phi) is 7.95. The largest absolute Gasteiger partial charge is 0.494 e. The summed E-state index contributed by atoms with van der Waals surface area (Å²) in [6.45, 7) is 4.75. The number of ether oxygens (including phenoxy) is 1. The zero-order chi connectivity index (χ0) is 21.4. The quantitative estimate of drug-likeness (QED) is 0.234. The van der Waals surface area contributed by atoms with Crippen molar-refractivity contribution in [3.05, 3.63) is 78.1 Å². The molecule has 6 nitrogen and oxygen atoms in total. The highest BCUT2D eigenvalue weighted by Gasteiger charge is 2.21. The number of aromatic nitrogens is 3. The molecule has 0 unspecified atom stereocenters. The SMILES string of the molecule is C=CCn1c(CS(=O)(=O)c2ccccc2)nnc1SCCCOc1ccc(Cl)cc1. The van der Waals surface area contributed by atoms with Gasteiger partial charge in [0.1, 0.15) is 17.3 Å². The van der Waals surface area contributed by atoms with Gasteiger partial charge in [0.25, 0.3) is 0 Å². The molecule has 0 N–H and O–H groups in total. The summed E-state index contributed by atoms with van der Waals surface area (Å²) in [6, 6.07) is 15.6. The Morgan fingerprint density at radius 3 is 2.53 bits per heavy atom. The van der Waals surface area contributed by atoms with E-state index >= 15 is 0 Å². The van der Waals surface area contributed by atoms with Crippen LogP contribution in [-0.4, -0.2) is 35.5 Å². The van der Waals surface area contributed by atoms with Crippen LogP contribution in [0.2, 0.25) is 5.02 Å². The second-order valence-corrected chi connectivity index (χ2v) is 9.86. The Morgan fingerprint density at radius 2 is 1.83 bits per heavy atom. The van der Waals surface area contributed by atoms with Crippen molar-refractivity contribution in [2.45, 2.75) is 28.8 Å². The molecule has 0 amide bonds. The molecule has 0 aliphatic rings. The van der Waals surface area contributed by atoms with Crippen LogP contribution in [0.4, 0.5) is 0 Å². The highest BCUT2D eigenvalue weighted by atomic mass is 35.5. The van der Waals surface area contributed by atoms with Crippen molar-refractivity contribution in [2.75, 3.05) is 12.4 Å². The van der Waals surface area contributed by atoms with Crippen LogP contribution in [0.3, 0.4) is 0 Å². The Labute approximate surface area is 185 Å². The summed E-state index contributed by atoms with van der Waals surface area (Å²) >= 11 is 7.37. The third-order valence-corrected chi connectivity index (χ3v) is 7.06. The van der Waals surface area contributed by atoms with Crippen LogP contribution in [0, 0.1) is 0 Å². The van der Waals surface area contributed by atoms with Gasteiger partial charge < -0.3 is 9.30 Å². The average Bonchev–Trinajstić information content (AvgIpc) is 3.11. The van der Waals surface area contributed by atoms with E-state index in [0.29, 0.717) is 29.2 Å². The van der Waals surface area contributed by atoms with E-state index in [0.717, 1.165) is 17.9 Å². The molecule has 0 bridgehead atoms. The smallest absolute Gasteiger partial charge is 0.191 e. The topological polar surface area (TPSA) is 74.1 Å². The fourth-order valence-electron chi connectivity index (χ4n) is 2.67. The number of rotatable bonds is 11. The molecule has 0 spiro atoms. The lowest BCUT2D eigenvalue weighted by atomic mass is 10.3. The second kappa shape index (κ2) is 10.7. The van der Waals surface area contributed by atoms with Gasteiger partial charge in [-0.15, -0.1) is 16.8 Å². The number of sulfone groups is 1. The highest BCUT2D eigenvalue weighted by molar-refractivity contribution is 7.99. The molecule has 30 heavy (non-hydrogen) atoms. The fraction of sp³-hybridized carbons (Fsp3) is 0.238. The number of allylic oxidation sites excluding steroid dienone is 1. The molecule has 0 atom stereocenters. The van der Waals surface area contributed by atoms with E-state index in [4.69, 9.17) is 16.3 Å². The Balaban J connectivity index is 1.58. The number of nitrogens with zero attached hydrogens (tertiary/aromatic N) is 3. The van der Waals surface area contributed by atoms with Crippen LogP contribution in [0.15, 0.2) is 77.3 Å². The molecule has 0 fully saturated rings. The number of halogens is 1. The molecule has 0 saturated carbocycles. The summed E-state index contributed by atoms with van der Waals surface area (Å²) in [5.74, 6) is 1.72. The molecule has 158 valence electrons. The Bertz CT molecular complexity index is 1070. The van der Waals surface area contributed by atoms with Gasteiger partial charge in [-0.3, -0.25) is 0 Å². The van der Waals surface area contributed by atoms with Crippen LogP contribution in [0.25, 0.3) is 0 Å². The minimum absolute atomic E-state index is 0.210. The predicted octanol–water partition coefficient (Wildman–Crippen LogP) is 4.65. The number of benzene rings is 2. The first-order valence-electron chi connectivity index (χ1n) is 9.31. The summed E-state index contributed by atoms with van der Waals surface area (Å²) in [4.78, 5) is 0.270. The molecule has 1 aromatic heterocycles. The lowest BCUT2D eigenvalue weighted by molar-refractivity contribution is 0.318. The second-order valence-electron chi connectivity index (χ2n) is 6.37. The zero-order valence-corrected chi connectivity index (χ0v) is 18.7. The molecule has 3 aromatic rings. The third-order valence-electron chi connectivity index (χ3n) is 4.13. The van der Waals surface area contributed by atoms with Gasteiger partial charge >= 0.3 is 0 Å². The average molecular weight is 464 g/mol. The molecule has 1 heterocycles. The summed E-state index contributed by atoms with van der Waals surface area (Å²) < 4.78 is 32.8. The first kappa shape index (κ1) is 22.4. The van der Waals surface area contributed by atoms with Crippen molar-refractivity contribution in [3.63, 3.8) is 0 Å². The Morgan fingerprint density at radius 1 is 1.10 bits per heavy atom. The molecule has 2 aromatic carbocycles. The van der Waals surface area contributed by atoms with Crippen LogP contribution >= 0.6 is 23.4 Å². The van der Waals surface area contributed by atoms with Crippen LogP contribution < -0.4 is 4.74 Å². The molecule has 0 aliphatic carbocycles. The number of hydrogen-bond donors (Lipinski definition) is 0. The fourth-order valence-corrected chi connectivity index (χ4v) is 4.97. The summed E-state index contributed by atoms with van der Waals surface area (Å²) in [5, 5.41) is 9.65. The zero-order valence-electron chi connectivity index (χ0n) is 16.3. The van der Waals surface area contributed by atoms with E-state index in [1.54, 1.807) is 53.1 Å². The van der Waals surface area contributed by atoms with Crippen LogP contribution in [0.1, 0.15) is 12.2 Å². The minimum Gasteiger partial charge on any atom is -0.494 e. The van der Waals surface area contributed by atoms with Crippen LogP contribution in [-0.2, 0) is 22.1 Å². The molecule has 9 heteroatoms. The van der Waals surface area contributed by atoms with Gasteiger partial charge in [-0.05, 0) is 42.8 Å². The summed E-state index contributed by atoms with van der Waals surface area (Å²) in [7, 11) is -3.50. The maximum Gasteiger partial charge on any atom is 0.191 e. The summed E-state index contributed by atoms with van der Waals surface area (Å²) in [5.41, 5.74) is 0. The van der Waals surface area contributed by atoms with Crippen molar-refractivity contribution in [2.24, 2.45) is 0 Å². The summed E-state index contributed by atoms with van der Waals surface area (Å²) in [6.07, 6.45) is 2.50. The van der Waals surface area contributed by atoms with E-state index in [1.165, 1.54) is 11.8 Å². The third kappa shape index (κ3) is 6.10. The van der Waals surface area contributed by atoms with Gasteiger partial charge in [-0.1, -0.05) is 47.6 Å². The van der Waals surface area contributed by atoms with E-state index < -0.39 is 9.84 Å². The van der Waals surface area contributed by atoms with Gasteiger partial charge in [-0.2, -0.15) is 0 Å². The minimum atomic E-state index is -3.50. The van der Waals surface area contributed by atoms with Crippen molar-refractivity contribution in [3.8, 4) is 5.75 Å². The van der Waals surface area contributed by atoms with Crippen molar-refractivity contribution in [1.29, 1.82) is 0 Å². The van der Waals surface area contributed by atoms with Crippen LogP contribution in [0.5, 0.6) is 5.75 Å². The van der Waals surface area contributed by atoms with Crippen molar-refractivity contribution in [1.82, 2.24) is 14.8 Å². The van der Waals surface area contributed by atoms with Crippen molar-refractivity contribution < 1.29 is 13.2 Å². The maximum atomic E-state index is 12.7. The lowest BCUT2D eigenvalue weighted by Crippen LogP contribution is -2.11. The van der Waals surface area contributed by atoms with Gasteiger partial charge in [-0.25, -0.2) is 8.42 Å². The molecule has 3 rings (SSSR count). The predicted molar refractivity (Wildman–Crippen MR) is 120 cm³/mol. The number of hydrogen-bond acceptors (Lipinski definition) is 6. The highest BCUT2D eigenvalue weighted by Crippen LogP contribution is 2.22. The normalized spacial score (nSPS) is 11.4. The molecular weight excluding hydrogens is 442 g/mol. The molecule has 0 saturated heterocycles. The molecule has 0 radical (unpaired) electrons. The number of thioether (sulfide) groups is 1. The van der Waals surface area contributed by atoms with Gasteiger partial charge in [0.05, 0.1) is 11.5 Å². The first-order chi connectivity index (χ1) is 14.5. The first-order valence-corrected chi connectivity index (χ1v) is 12.3. The van der Waals surface area contributed by atoms with E-state index in [9.17, 15) is 8.42 Å². The van der Waals surface area contributed by atoms with E-state index in [-0.39, 0.29) is 10.6 Å². The van der Waals surface area contributed by atoms with Crippen molar-refractivity contribution >= 4 is 33.2 Å². The van der Waals surface area contributed by atoms with Gasteiger partial charge in [0, 0.05) is 17.3 Å². The van der Waals surface area contributed by atoms with Gasteiger partial charge in [0.2, 0.25) is 0 Å². The van der Waals surface area contributed by atoms with E-state index in [2.05, 4.69) is 16.8 Å². The maximum absolute atomic E-state index is 12.7. The lowest BCUT2D eigenvalue weighted by Gasteiger charge is -2.09. The molecular formula is C21H22ClN3O3S2. The molecule has 0 aliphatic heterocycles. The Hall–Kier alpha value is -2.29. The van der Waals surface area contributed by atoms with E-state index in [1.807, 2.05) is 12.1 Å². The van der Waals surface area contributed by atoms with Gasteiger partial charge in [0.15, 0.2) is 15.0 Å². The monoisotopic (exact) mass is 463 g/mol. The standard InChI is InChI=1S/C21H22ClN3O3S2/c1-2-13-25-20(16-30(26,27)19-7-4-3-5-8-19)23-24-21(25)29-15-6-14-28-18-11-9-17(22)10-12-18/h2-5,7-12H,1,6,13-16H2.